The van der Waals surface area contributed by atoms with E-state index in [1.165, 1.54) is 0 Å². The molecule has 2 heterocycles. The number of hydrogen-bond acceptors (Lipinski definition) is 4. The summed E-state index contributed by atoms with van der Waals surface area (Å²) in [6.45, 7) is 0. The summed E-state index contributed by atoms with van der Waals surface area (Å²) in [5.74, 6) is -0.925. The Morgan fingerprint density at radius 1 is 1.13 bits per heavy atom. The Kier molecular flexibility index (Phi) is 6.02. The summed E-state index contributed by atoms with van der Waals surface area (Å²) in [5.41, 5.74) is 2.06. The molecular formula is C22H22ClN3O4S. The molecule has 0 aliphatic carbocycles. The van der Waals surface area contributed by atoms with E-state index in [2.05, 4.69) is 15.6 Å². The molecule has 1 fully saturated rings. The monoisotopic (exact) mass is 459 g/mol. The van der Waals surface area contributed by atoms with Gasteiger partial charge in [0.15, 0.2) is 9.84 Å². The number of benzene rings is 2. The van der Waals surface area contributed by atoms with Crippen molar-refractivity contribution in [2.45, 2.75) is 24.9 Å². The second-order valence-electron chi connectivity index (χ2n) is 7.68. The largest absolute Gasteiger partial charge is 0.361 e. The number of halogens is 1. The fourth-order valence-electron chi connectivity index (χ4n) is 3.82. The number of rotatable bonds is 6. The zero-order chi connectivity index (χ0) is 22.0. The summed E-state index contributed by atoms with van der Waals surface area (Å²) in [6.07, 6.45) is 2.42. The molecule has 1 aliphatic heterocycles. The fourth-order valence-corrected chi connectivity index (χ4v) is 5.72. The van der Waals surface area contributed by atoms with Crippen LogP contribution in [0.15, 0.2) is 54.7 Å². The van der Waals surface area contributed by atoms with Gasteiger partial charge in [0.2, 0.25) is 5.91 Å². The Balaban J connectivity index is 1.57. The summed E-state index contributed by atoms with van der Waals surface area (Å²) in [4.78, 5) is 29.1. The normalized spacial score (nSPS) is 18.5. The molecule has 0 saturated carbocycles. The van der Waals surface area contributed by atoms with Gasteiger partial charge in [-0.1, -0.05) is 41.9 Å². The average Bonchev–Trinajstić information content (AvgIpc) is 3.30. The molecule has 9 heteroatoms. The molecule has 0 bridgehead atoms. The van der Waals surface area contributed by atoms with E-state index in [1.807, 2.05) is 30.5 Å². The van der Waals surface area contributed by atoms with E-state index >= 15 is 0 Å². The van der Waals surface area contributed by atoms with Gasteiger partial charge >= 0.3 is 0 Å². The first-order valence-corrected chi connectivity index (χ1v) is 12.1. The van der Waals surface area contributed by atoms with Gasteiger partial charge in [-0.15, -0.1) is 0 Å². The van der Waals surface area contributed by atoms with Gasteiger partial charge in [-0.05, 0) is 30.2 Å². The van der Waals surface area contributed by atoms with Gasteiger partial charge in [0.1, 0.15) is 6.04 Å². The highest BCUT2D eigenvalue weighted by molar-refractivity contribution is 7.91. The molecule has 0 spiro atoms. The second kappa shape index (κ2) is 8.72. The van der Waals surface area contributed by atoms with Gasteiger partial charge in [0.05, 0.1) is 22.1 Å². The molecule has 3 aromatic rings. The molecule has 0 unspecified atom stereocenters. The van der Waals surface area contributed by atoms with Crippen LogP contribution in [0.1, 0.15) is 22.3 Å². The number of carbonyl (C=O) groups is 2. The van der Waals surface area contributed by atoms with Gasteiger partial charge in [-0.3, -0.25) is 9.59 Å². The summed E-state index contributed by atoms with van der Waals surface area (Å²) in [7, 11) is -3.14. The quantitative estimate of drug-likeness (QED) is 0.526. The number of hydrogen-bond donors (Lipinski definition) is 3. The van der Waals surface area contributed by atoms with Crippen LogP contribution >= 0.6 is 11.6 Å². The van der Waals surface area contributed by atoms with Crippen LogP contribution in [0.25, 0.3) is 10.9 Å². The Morgan fingerprint density at radius 2 is 1.87 bits per heavy atom. The van der Waals surface area contributed by atoms with Crippen molar-refractivity contribution in [3.05, 3.63) is 70.9 Å². The van der Waals surface area contributed by atoms with Crippen molar-refractivity contribution >= 4 is 44.2 Å². The van der Waals surface area contributed by atoms with Gasteiger partial charge in [0, 0.05) is 29.6 Å². The first kappa shape index (κ1) is 21.4. The fraction of sp³-hybridized carbons (Fsp3) is 0.273. The predicted molar refractivity (Wildman–Crippen MR) is 120 cm³/mol. The van der Waals surface area contributed by atoms with E-state index in [1.54, 1.807) is 24.3 Å². The Morgan fingerprint density at radius 3 is 2.61 bits per heavy atom. The summed E-state index contributed by atoms with van der Waals surface area (Å²) < 4.78 is 23.5. The average molecular weight is 460 g/mol. The van der Waals surface area contributed by atoms with Crippen LogP contribution in [-0.4, -0.2) is 48.8 Å². The van der Waals surface area contributed by atoms with Crippen LogP contribution < -0.4 is 10.6 Å². The number of H-pyrrole nitrogens is 1. The molecule has 1 aliphatic rings. The molecule has 31 heavy (non-hydrogen) atoms. The van der Waals surface area contributed by atoms with E-state index in [-0.39, 0.29) is 28.5 Å². The topological polar surface area (TPSA) is 108 Å². The summed E-state index contributed by atoms with van der Waals surface area (Å²) in [5, 5.41) is 6.80. The van der Waals surface area contributed by atoms with Crippen LogP contribution in [0.3, 0.4) is 0 Å². The van der Waals surface area contributed by atoms with Gasteiger partial charge in [0.25, 0.3) is 5.91 Å². The third kappa shape index (κ3) is 4.91. The Hall–Kier alpha value is -2.84. The third-order valence-electron chi connectivity index (χ3n) is 5.42. The lowest BCUT2D eigenvalue weighted by Gasteiger charge is -2.21. The van der Waals surface area contributed by atoms with Crippen LogP contribution in [-0.2, 0) is 21.1 Å². The molecule has 1 saturated heterocycles. The lowest BCUT2D eigenvalue weighted by Crippen LogP contribution is -2.51. The lowest BCUT2D eigenvalue weighted by molar-refractivity contribution is -0.123. The highest BCUT2D eigenvalue weighted by atomic mass is 35.5. The molecular weight excluding hydrogens is 438 g/mol. The second-order valence-corrected chi connectivity index (χ2v) is 10.3. The predicted octanol–water partition coefficient (Wildman–Crippen LogP) is 2.47. The number of nitrogens with one attached hydrogen (secondary N) is 3. The molecule has 3 N–H and O–H groups in total. The minimum Gasteiger partial charge on any atom is -0.361 e. The molecule has 162 valence electrons. The maximum absolute atomic E-state index is 13.1. The Labute approximate surface area is 185 Å². The molecule has 0 radical (unpaired) electrons. The maximum atomic E-state index is 13.1. The van der Waals surface area contributed by atoms with E-state index in [0.717, 1.165) is 16.5 Å². The molecule has 2 amide bonds. The zero-order valence-corrected chi connectivity index (χ0v) is 18.2. The number of aromatic amines is 1. The maximum Gasteiger partial charge on any atom is 0.253 e. The van der Waals surface area contributed by atoms with Gasteiger partial charge < -0.3 is 15.6 Å². The van der Waals surface area contributed by atoms with Gasteiger partial charge in [-0.25, -0.2) is 8.42 Å². The first-order chi connectivity index (χ1) is 14.8. The van der Waals surface area contributed by atoms with Crippen molar-refractivity contribution < 1.29 is 18.0 Å². The van der Waals surface area contributed by atoms with Crippen molar-refractivity contribution in [1.82, 2.24) is 15.6 Å². The standard InChI is InChI=1S/C22H22ClN3O4S/c23-18-7-3-1-6-17(18)21(27)26-20(22(28)25-15-9-10-31(29,30)13-15)11-14-12-24-19-8-4-2-5-16(14)19/h1-8,12,15,20,24H,9-11,13H2,(H,25,28)(H,26,27)/t15-,20+/m0/s1. The van der Waals surface area contributed by atoms with E-state index in [9.17, 15) is 18.0 Å². The molecule has 7 nitrogen and oxygen atoms in total. The Bertz CT molecular complexity index is 1240. The van der Waals surface area contributed by atoms with Crippen molar-refractivity contribution in [3.8, 4) is 0 Å². The number of fused-ring (bicyclic) bond motifs is 1. The lowest BCUT2D eigenvalue weighted by atomic mass is 10.0. The van der Waals surface area contributed by atoms with Crippen LogP contribution in [0.4, 0.5) is 0 Å². The number of carbonyl (C=O) groups excluding carboxylic acids is 2. The minimum atomic E-state index is -3.14. The van der Waals surface area contributed by atoms with Gasteiger partial charge in [-0.2, -0.15) is 0 Å². The zero-order valence-electron chi connectivity index (χ0n) is 16.6. The van der Waals surface area contributed by atoms with E-state index in [4.69, 9.17) is 11.6 Å². The molecule has 2 aromatic carbocycles. The number of amides is 2. The van der Waals surface area contributed by atoms with Crippen molar-refractivity contribution in [2.24, 2.45) is 0 Å². The van der Waals surface area contributed by atoms with Crippen molar-refractivity contribution in [3.63, 3.8) is 0 Å². The van der Waals surface area contributed by atoms with E-state index < -0.39 is 33.7 Å². The summed E-state index contributed by atoms with van der Waals surface area (Å²) >= 11 is 6.14. The van der Waals surface area contributed by atoms with Crippen LogP contribution in [0, 0.1) is 0 Å². The molecule has 2 atom stereocenters. The molecule has 1 aromatic heterocycles. The number of aromatic nitrogens is 1. The third-order valence-corrected chi connectivity index (χ3v) is 7.52. The highest BCUT2D eigenvalue weighted by Crippen LogP contribution is 2.20. The smallest absolute Gasteiger partial charge is 0.253 e. The molecule has 4 rings (SSSR count). The van der Waals surface area contributed by atoms with Crippen molar-refractivity contribution in [2.75, 3.05) is 11.5 Å². The van der Waals surface area contributed by atoms with Crippen LogP contribution in [0.2, 0.25) is 5.02 Å². The van der Waals surface area contributed by atoms with Crippen molar-refractivity contribution in [1.29, 1.82) is 0 Å². The number of para-hydroxylation sites is 1. The highest BCUT2D eigenvalue weighted by Gasteiger charge is 2.32. The SMILES string of the molecule is O=C(N[C@H](Cc1c[nH]c2ccccc12)C(=O)N[C@H]1CCS(=O)(=O)C1)c1ccccc1Cl. The van der Waals surface area contributed by atoms with E-state index in [0.29, 0.717) is 6.42 Å². The first-order valence-electron chi connectivity index (χ1n) is 9.93. The minimum absolute atomic E-state index is 0.0526. The summed E-state index contributed by atoms with van der Waals surface area (Å²) in [6, 6.07) is 12.9. The van der Waals surface area contributed by atoms with Crippen LogP contribution in [0.5, 0.6) is 0 Å². The number of sulfone groups is 1.